The van der Waals surface area contributed by atoms with Crippen molar-refractivity contribution in [2.24, 2.45) is 0 Å². The number of halogens is 2. The van der Waals surface area contributed by atoms with Crippen molar-refractivity contribution in [1.82, 2.24) is 4.98 Å². The number of aryl methyl sites for hydroxylation is 1. The molecule has 130 valence electrons. The van der Waals surface area contributed by atoms with Crippen molar-refractivity contribution < 1.29 is 14.6 Å². The first-order chi connectivity index (χ1) is 12.0. The lowest BCUT2D eigenvalue weighted by Crippen LogP contribution is -2.25. The maximum Gasteiger partial charge on any atom is 0.164 e. The summed E-state index contributed by atoms with van der Waals surface area (Å²) in [5, 5.41) is 11.7. The second-order valence-corrected chi connectivity index (χ2v) is 6.42. The van der Waals surface area contributed by atoms with Gasteiger partial charge < -0.3 is 14.6 Å². The molecule has 1 heterocycles. The average molecular weight is 378 g/mol. The van der Waals surface area contributed by atoms with Crippen molar-refractivity contribution in [3.63, 3.8) is 0 Å². The molecule has 6 heteroatoms. The molecule has 0 saturated carbocycles. The van der Waals surface area contributed by atoms with Crippen LogP contribution in [0.4, 0.5) is 0 Å². The molecule has 0 spiro atoms. The van der Waals surface area contributed by atoms with Crippen LogP contribution in [0.15, 0.2) is 48.5 Å². The summed E-state index contributed by atoms with van der Waals surface area (Å²) in [5.41, 5.74) is 1.40. The van der Waals surface area contributed by atoms with Crippen LogP contribution in [0.1, 0.15) is 5.69 Å². The summed E-state index contributed by atoms with van der Waals surface area (Å²) in [4.78, 5) is 4.46. The normalized spacial score (nSPS) is 12.2. The maximum absolute atomic E-state index is 10.1. The summed E-state index contributed by atoms with van der Waals surface area (Å²) in [6, 6.07) is 14.6. The third kappa shape index (κ3) is 4.34. The SMILES string of the molecule is Cc1ccc2c(Cl)cc(Cl)c(OCC(O)COc3ccccc3)c2n1. The van der Waals surface area contributed by atoms with E-state index in [2.05, 4.69) is 4.98 Å². The van der Waals surface area contributed by atoms with E-state index < -0.39 is 6.10 Å². The summed E-state index contributed by atoms with van der Waals surface area (Å²) in [5.74, 6) is 1.09. The monoisotopic (exact) mass is 377 g/mol. The first-order valence-corrected chi connectivity index (χ1v) is 8.54. The van der Waals surface area contributed by atoms with Crippen LogP contribution in [-0.2, 0) is 0 Å². The molecule has 2 aromatic carbocycles. The molecule has 1 unspecified atom stereocenters. The fourth-order valence-corrected chi connectivity index (χ4v) is 2.93. The van der Waals surface area contributed by atoms with Gasteiger partial charge in [-0.05, 0) is 37.3 Å². The van der Waals surface area contributed by atoms with E-state index in [1.54, 1.807) is 6.07 Å². The molecule has 0 bridgehead atoms. The molecule has 3 rings (SSSR count). The Labute approximate surface area is 155 Å². The third-order valence-electron chi connectivity index (χ3n) is 3.58. The first-order valence-electron chi connectivity index (χ1n) is 7.78. The van der Waals surface area contributed by atoms with Crippen molar-refractivity contribution in [3.05, 3.63) is 64.3 Å². The van der Waals surface area contributed by atoms with E-state index in [1.807, 2.05) is 49.4 Å². The molecule has 0 saturated heterocycles. The van der Waals surface area contributed by atoms with Crippen LogP contribution < -0.4 is 9.47 Å². The van der Waals surface area contributed by atoms with E-state index in [-0.39, 0.29) is 13.2 Å². The minimum absolute atomic E-state index is 0.0267. The van der Waals surface area contributed by atoms with Crippen molar-refractivity contribution >= 4 is 34.1 Å². The van der Waals surface area contributed by atoms with Gasteiger partial charge in [0.15, 0.2) is 5.75 Å². The van der Waals surface area contributed by atoms with Gasteiger partial charge in [0.1, 0.15) is 30.6 Å². The Bertz CT molecular complexity index is 871. The van der Waals surface area contributed by atoms with Gasteiger partial charge in [-0.2, -0.15) is 0 Å². The second-order valence-electron chi connectivity index (χ2n) is 5.61. The number of hydrogen-bond donors (Lipinski definition) is 1. The van der Waals surface area contributed by atoms with Gasteiger partial charge in [-0.3, -0.25) is 0 Å². The van der Waals surface area contributed by atoms with Crippen LogP contribution >= 0.6 is 23.2 Å². The molecule has 0 aliphatic heterocycles. The Hall–Kier alpha value is -2.01. The highest BCUT2D eigenvalue weighted by Crippen LogP contribution is 2.37. The molecule has 3 aromatic rings. The van der Waals surface area contributed by atoms with Gasteiger partial charge in [-0.1, -0.05) is 41.4 Å². The molecule has 0 aliphatic rings. The van der Waals surface area contributed by atoms with Crippen LogP contribution in [0, 0.1) is 6.92 Å². The fourth-order valence-electron chi connectivity index (χ4n) is 2.36. The Balaban J connectivity index is 1.71. The Kier molecular flexibility index (Phi) is 5.63. The number of aliphatic hydroxyl groups excluding tert-OH is 1. The summed E-state index contributed by atoms with van der Waals surface area (Å²) in [6.45, 7) is 2.01. The third-order valence-corrected chi connectivity index (χ3v) is 4.18. The molecule has 0 amide bonds. The van der Waals surface area contributed by atoms with Crippen LogP contribution in [-0.4, -0.2) is 29.4 Å². The smallest absolute Gasteiger partial charge is 0.164 e. The molecule has 25 heavy (non-hydrogen) atoms. The Morgan fingerprint density at radius 1 is 1.00 bits per heavy atom. The summed E-state index contributed by atoms with van der Waals surface area (Å²) >= 11 is 12.5. The zero-order chi connectivity index (χ0) is 17.8. The number of benzene rings is 2. The largest absolute Gasteiger partial charge is 0.491 e. The van der Waals surface area contributed by atoms with Crippen molar-refractivity contribution in [2.45, 2.75) is 13.0 Å². The lowest BCUT2D eigenvalue weighted by atomic mass is 10.2. The Morgan fingerprint density at radius 2 is 1.72 bits per heavy atom. The number of pyridine rings is 1. The number of ether oxygens (including phenoxy) is 2. The number of nitrogens with zero attached hydrogens (tertiary/aromatic N) is 1. The maximum atomic E-state index is 10.1. The van der Waals surface area contributed by atoms with E-state index in [1.165, 1.54) is 0 Å². The number of aromatic nitrogens is 1. The van der Waals surface area contributed by atoms with Gasteiger partial charge >= 0.3 is 0 Å². The number of rotatable bonds is 6. The predicted molar refractivity (Wildman–Crippen MR) is 99.9 cm³/mol. The number of aliphatic hydroxyl groups is 1. The van der Waals surface area contributed by atoms with Crippen molar-refractivity contribution in [1.29, 1.82) is 0 Å². The van der Waals surface area contributed by atoms with Gasteiger partial charge in [0.25, 0.3) is 0 Å². The number of fused-ring (bicyclic) bond motifs is 1. The first kappa shape index (κ1) is 17.8. The number of hydrogen-bond acceptors (Lipinski definition) is 4. The molecule has 0 radical (unpaired) electrons. The molecule has 4 nitrogen and oxygen atoms in total. The van der Waals surface area contributed by atoms with Gasteiger partial charge in [0, 0.05) is 11.1 Å². The summed E-state index contributed by atoms with van der Waals surface area (Å²) < 4.78 is 11.2. The number of para-hydroxylation sites is 1. The highest BCUT2D eigenvalue weighted by atomic mass is 35.5. The van der Waals surface area contributed by atoms with Crippen LogP contribution in [0.3, 0.4) is 0 Å². The van der Waals surface area contributed by atoms with E-state index in [0.717, 1.165) is 11.1 Å². The lowest BCUT2D eigenvalue weighted by molar-refractivity contribution is 0.0631. The minimum atomic E-state index is -0.813. The molecule has 1 aromatic heterocycles. The fraction of sp³-hybridized carbons (Fsp3) is 0.211. The molecule has 1 N–H and O–H groups in total. The molecular formula is C19H17Cl2NO3. The average Bonchev–Trinajstić information content (AvgIpc) is 2.60. The predicted octanol–water partition coefficient (Wildman–Crippen LogP) is 4.67. The summed E-state index contributed by atoms with van der Waals surface area (Å²) in [7, 11) is 0. The highest BCUT2D eigenvalue weighted by molar-refractivity contribution is 6.39. The van der Waals surface area contributed by atoms with Gasteiger partial charge in [0.05, 0.1) is 10.0 Å². The molecule has 1 atom stereocenters. The van der Waals surface area contributed by atoms with Crippen molar-refractivity contribution in [2.75, 3.05) is 13.2 Å². The standard InChI is InChI=1S/C19H17Cl2NO3/c1-12-7-8-15-16(20)9-17(21)19(18(15)22-12)25-11-13(23)10-24-14-5-3-2-4-6-14/h2-9,13,23H,10-11H2,1H3. The van der Waals surface area contributed by atoms with Crippen LogP contribution in [0.25, 0.3) is 10.9 Å². The highest BCUT2D eigenvalue weighted by Gasteiger charge is 2.15. The van der Waals surface area contributed by atoms with Crippen LogP contribution in [0.2, 0.25) is 10.0 Å². The van der Waals surface area contributed by atoms with E-state index in [4.69, 9.17) is 32.7 Å². The van der Waals surface area contributed by atoms with Gasteiger partial charge in [0.2, 0.25) is 0 Å². The van der Waals surface area contributed by atoms with Crippen LogP contribution in [0.5, 0.6) is 11.5 Å². The zero-order valence-electron chi connectivity index (χ0n) is 13.6. The summed E-state index contributed by atoms with van der Waals surface area (Å²) in [6.07, 6.45) is -0.813. The second kappa shape index (κ2) is 7.91. The van der Waals surface area contributed by atoms with E-state index in [0.29, 0.717) is 27.1 Å². The van der Waals surface area contributed by atoms with E-state index in [9.17, 15) is 5.11 Å². The quantitative estimate of drug-likeness (QED) is 0.677. The van der Waals surface area contributed by atoms with E-state index >= 15 is 0 Å². The lowest BCUT2D eigenvalue weighted by Gasteiger charge is -2.16. The van der Waals surface area contributed by atoms with Gasteiger partial charge in [-0.15, -0.1) is 0 Å². The molecule has 0 fully saturated rings. The molecule has 0 aliphatic carbocycles. The Morgan fingerprint density at radius 3 is 2.48 bits per heavy atom. The topological polar surface area (TPSA) is 51.6 Å². The van der Waals surface area contributed by atoms with Gasteiger partial charge in [-0.25, -0.2) is 4.98 Å². The molecular weight excluding hydrogens is 361 g/mol. The van der Waals surface area contributed by atoms with Crippen molar-refractivity contribution in [3.8, 4) is 11.5 Å². The zero-order valence-corrected chi connectivity index (χ0v) is 15.1. The minimum Gasteiger partial charge on any atom is -0.491 e.